The smallest absolute Gasteiger partial charge is 0.510 e. The molecule has 0 rings (SSSR count). The van der Waals surface area contributed by atoms with E-state index in [4.69, 9.17) is 29.6 Å². The quantitative estimate of drug-likeness (QED) is 0.286. The second-order valence-corrected chi connectivity index (χ2v) is 3.89. The molecule has 0 saturated heterocycles. The first-order valence-corrected chi connectivity index (χ1v) is 5.40. The third-order valence-electron chi connectivity index (χ3n) is 1.85. The van der Waals surface area contributed by atoms with E-state index in [-0.39, 0.29) is 61.9 Å². The van der Waals surface area contributed by atoms with E-state index >= 15 is 0 Å². The molecule has 0 aromatic rings. The number of ether oxygens (including phenoxy) is 1. The van der Waals surface area contributed by atoms with Gasteiger partial charge in [0.1, 0.15) is 0 Å². The van der Waals surface area contributed by atoms with Gasteiger partial charge in [-0.3, -0.25) is 0 Å². The normalized spacial score (nSPS) is 11.5. The van der Waals surface area contributed by atoms with Crippen LogP contribution in [0.4, 0.5) is 0 Å². The van der Waals surface area contributed by atoms with Gasteiger partial charge in [-0.15, -0.1) is 0 Å². The topological polar surface area (TPSA) is 9.23 Å². The van der Waals surface area contributed by atoms with Crippen LogP contribution in [0.25, 0.3) is 0 Å². The molecule has 1 nitrogen and oxygen atoms in total. The molecule has 1 atom stereocenters. The molecule has 4 heteroatoms. The molecule has 0 N–H and O–H groups in total. The Bertz CT molecular complexity index is 131. The van der Waals surface area contributed by atoms with E-state index in [1.165, 1.54) is 19.3 Å². The molecule has 1 unspecified atom stereocenters. The van der Waals surface area contributed by atoms with Gasteiger partial charge >= 0.3 is 51.4 Å². The van der Waals surface area contributed by atoms with Gasteiger partial charge in [-0.1, -0.05) is 26.7 Å². The summed E-state index contributed by atoms with van der Waals surface area (Å²) < 4.78 is 5.55. The molecule has 0 saturated carbocycles. The fourth-order valence-electron chi connectivity index (χ4n) is 1.10. The monoisotopic (exact) mass is 244 g/mol. The van der Waals surface area contributed by atoms with Gasteiger partial charge in [0.2, 0.25) is 0 Å². The van der Waals surface area contributed by atoms with Crippen molar-refractivity contribution >= 4 is 29.2 Å². The van der Waals surface area contributed by atoms with Crippen molar-refractivity contribution in [2.24, 2.45) is 0 Å². The van der Waals surface area contributed by atoms with Crippen LogP contribution in [-0.2, 0) is 17.4 Å². The van der Waals surface area contributed by atoms with Crippen molar-refractivity contribution in [1.82, 2.24) is 0 Å². The first-order chi connectivity index (χ1) is 5.70. The Morgan fingerprint density at radius 1 is 1.38 bits per heavy atom. The van der Waals surface area contributed by atoms with Crippen molar-refractivity contribution in [2.75, 3.05) is 0 Å². The second-order valence-electron chi connectivity index (χ2n) is 2.89. The maximum Gasteiger partial charge on any atom is 1.00 e. The van der Waals surface area contributed by atoms with Crippen LogP contribution >= 0.6 is 12.2 Å². The number of thiocarbonyl (C=S) groups is 1. The van der Waals surface area contributed by atoms with Crippen molar-refractivity contribution in [3.63, 3.8) is 0 Å². The first-order valence-electron chi connectivity index (χ1n) is 4.58. The minimum atomic E-state index is 0. The zero-order chi connectivity index (χ0) is 9.40. The van der Waals surface area contributed by atoms with Crippen LogP contribution in [0.3, 0.4) is 0 Å². The SMILES string of the molecule is CCCCCC(CC)OC(=S)[S-].[K+]. The Morgan fingerprint density at radius 2 is 2.00 bits per heavy atom. The van der Waals surface area contributed by atoms with E-state index in [0.29, 0.717) is 0 Å². The van der Waals surface area contributed by atoms with Gasteiger partial charge in [-0.2, -0.15) is 0 Å². The summed E-state index contributed by atoms with van der Waals surface area (Å²) in [6, 6.07) is 0. The summed E-state index contributed by atoms with van der Waals surface area (Å²) in [6.45, 7) is 4.30. The summed E-state index contributed by atoms with van der Waals surface area (Å²) in [5, 5.41) is 0. The maximum absolute atomic E-state index is 5.29. The summed E-state index contributed by atoms with van der Waals surface area (Å²) in [5.41, 5.74) is 0. The Balaban J connectivity index is 0. The summed E-state index contributed by atoms with van der Waals surface area (Å²) >= 11 is 9.42. The van der Waals surface area contributed by atoms with Crippen LogP contribution in [0.5, 0.6) is 0 Å². The molecular formula is C9H17KOS2. The average molecular weight is 244 g/mol. The van der Waals surface area contributed by atoms with Crippen molar-refractivity contribution in [1.29, 1.82) is 0 Å². The van der Waals surface area contributed by atoms with Crippen molar-refractivity contribution in [3.05, 3.63) is 0 Å². The molecule has 0 amide bonds. The first kappa shape index (κ1) is 17.2. The molecule has 0 aliphatic rings. The maximum atomic E-state index is 5.29. The van der Waals surface area contributed by atoms with Crippen molar-refractivity contribution in [2.45, 2.75) is 52.1 Å². The second kappa shape index (κ2) is 11.8. The molecule has 0 bridgehead atoms. The van der Waals surface area contributed by atoms with Crippen LogP contribution in [0.2, 0.25) is 0 Å². The molecule has 0 aromatic carbocycles. The average Bonchev–Trinajstić information content (AvgIpc) is 2.02. The molecule has 0 aliphatic carbocycles. The van der Waals surface area contributed by atoms with Crippen LogP contribution in [0, 0.1) is 0 Å². The third-order valence-corrected chi connectivity index (χ3v) is 2.04. The van der Waals surface area contributed by atoms with Crippen LogP contribution < -0.4 is 51.4 Å². The van der Waals surface area contributed by atoms with E-state index in [0.717, 1.165) is 12.8 Å². The standard InChI is InChI=1S/C9H18OS2.K/c1-3-5-6-7-8(4-2)10-9(11)12;/h8H,3-7H2,1-2H3,(H,11,12);/q;+1/p-1. The van der Waals surface area contributed by atoms with Gasteiger partial charge in [0.05, 0.1) is 6.10 Å². The van der Waals surface area contributed by atoms with Crippen LogP contribution in [-0.4, -0.2) is 10.5 Å². The Hall–Kier alpha value is 1.75. The number of hydrogen-bond acceptors (Lipinski definition) is 3. The van der Waals surface area contributed by atoms with E-state index in [1.807, 2.05) is 0 Å². The van der Waals surface area contributed by atoms with Gasteiger partial charge in [-0.05, 0) is 19.3 Å². The molecule has 0 aromatic heterocycles. The molecule has 72 valence electrons. The molecular weight excluding hydrogens is 227 g/mol. The Morgan fingerprint density at radius 3 is 2.38 bits per heavy atom. The predicted molar refractivity (Wildman–Crippen MR) is 59.3 cm³/mol. The van der Waals surface area contributed by atoms with E-state index in [1.54, 1.807) is 0 Å². The molecule has 0 fully saturated rings. The third kappa shape index (κ3) is 11.7. The summed E-state index contributed by atoms with van der Waals surface area (Å²) in [5.74, 6) is 0. The minimum absolute atomic E-state index is 0. The molecule has 13 heavy (non-hydrogen) atoms. The van der Waals surface area contributed by atoms with Crippen molar-refractivity contribution in [3.8, 4) is 0 Å². The van der Waals surface area contributed by atoms with Gasteiger partial charge in [0.15, 0.2) is 0 Å². The Labute approximate surface area is 135 Å². The predicted octanol–water partition coefficient (Wildman–Crippen LogP) is 0.198. The molecule has 0 aliphatic heterocycles. The molecule has 0 radical (unpaired) electrons. The summed E-state index contributed by atoms with van der Waals surface area (Å²) in [7, 11) is 0. The van der Waals surface area contributed by atoms with Crippen LogP contribution in [0.1, 0.15) is 46.0 Å². The minimum Gasteiger partial charge on any atom is -0.510 e. The fourth-order valence-corrected chi connectivity index (χ4v) is 1.38. The van der Waals surface area contributed by atoms with Crippen LogP contribution in [0.15, 0.2) is 0 Å². The van der Waals surface area contributed by atoms with E-state index in [2.05, 4.69) is 13.8 Å². The number of rotatable bonds is 6. The molecule has 0 heterocycles. The van der Waals surface area contributed by atoms with E-state index in [9.17, 15) is 0 Å². The van der Waals surface area contributed by atoms with Gasteiger partial charge in [-0.25, -0.2) is 0 Å². The van der Waals surface area contributed by atoms with Crippen molar-refractivity contribution < 1.29 is 56.1 Å². The fraction of sp³-hybridized carbons (Fsp3) is 0.889. The zero-order valence-electron chi connectivity index (χ0n) is 8.84. The van der Waals surface area contributed by atoms with E-state index < -0.39 is 0 Å². The number of unbranched alkanes of at least 4 members (excludes halogenated alkanes) is 2. The van der Waals surface area contributed by atoms with Gasteiger partial charge in [0.25, 0.3) is 0 Å². The van der Waals surface area contributed by atoms with Gasteiger partial charge < -0.3 is 29.6 Å². The summed E-state index contributed by atoms with van der Waals surface area (Å²) in [6.07, 6.45) is 6.06. The molecule has 0 spiro atoms. The van der Waals surface area contributed by atoms with Gasteiger partial charge in [0, 0.05) is 4.38 Å². The summed E-state index contributed by atoms with van der Waals surface area (Å²) in [4.78, 5) is 0. The Kier molecular flexibility index (Phi) is 15.6. The zero-order valence-corrected chi connectivity index (χ0v) is 13.6. The number of hydrogen-bond donors (Lipinski definition) is 0. The largest absolute Gasteiger partial charge is 1.00 e.